The Bertz CT molecular complexity index is 605. The summed E-state index contributed by atoms with van der Waals surface area (Å²) in [5, 5.41) is 10.2. The summed E-state index contributed by atoms with van der Waals surface area (Å²) in [6.07, 6.45) is 2.52. The van der Waals surface area contributed by atoms with Gasteiger partial charge in [-0.25, -0.2) is 0 Å². The third kappa shape index (κ3) is 2.51. The van der Waals surface area contributed by atoms with Crippen molar-refractivity contribution in [3.63, 3.8) is 0 Å². The molecular formula is C14H16N4O. The molecule has 2 N–H and O–H groups in total. The molecule has 98 valence electrons. The number of carbonyl (C=O) groups is 1. The second-order valence-electron chi connectivity index (χ2n) is 4.77. The summed E-state index contributed by atoms with van der Waals surface area (Å²) in [5.74, 6) is 0.557. The number of amides is 1. The zero-order chi connectivity index (χ0) is 13.2. The molecule has 19 heavy (non-hydrogen) atoms. The first-order chi connectivity index (χ1) is 9.22. The monoisotopic (exact) mass is 256 g/mol. The molecule has 0 unspecified atom stereocenters. The van der Waals surface area contributed by atoms with Gasteiger partial charge in [-0.3, -0.25) is 9.48 Å². The van der Waals surface area contributed by atoms with Crippen molar-refractivity contribution in [3.8, 4) is 0 Å². The number of fused-ring (bicyclic) bond motifs is 1. The van der Waals surface area contributed by atoms with E-state index < -0.39 is 0 Å². The number of nitrogens with zero attached hydrogens (tertiary/aromatic N) is 2. The van der Waals surface area contributed by atoms with Gasteiger partial charge in [0.2, 0.25) is 5.91 Å². The van der Waals surface area contributed by atoms with Gasteiger partial charge in [-0.15, -0.1) is 0 Å². The Morgan fingerprint density at radius 2 is 2.16 bits per heavy atom. The third-order valence-corrected chi connectivity index (χ3v) is 3.36. The van der Waals surface area contributed by atoms with Crippen LogP contribution in [0.1, 0.15) is 11.1 Å². The number of benzene rings is 1. The molecule has 5 heteroatoms. The minimum atomic E-state index is -0.197. The molecule has 0 radical (unpaired) electrons. The lowest BCUT2D eigenvalue weighted by Crippen LogP contribution is -2.44. The van der Waals surface area contributed by atoms with E-state index in [9.17, 15) is 4.79 Å². The zero-order valence-corrected chi connectivity index (χ0v) is 10.8. The first kappa shape index (κ1) is 11.9. The highest BCUT2D eigenvalue weighted by molar-refractivity contribution is 5.94. The molecule has 0 aliphatic carbocycles. The Morgan fingerprint density at radius 1 is 1.37 bits per heavy atom. The SMILES string of the molecule is Cn1ccc(NC(=O)[C@@H]2Cc3ccccc3CN2)n1. The first-order valence-corrected chi connectivity index (χ1v) is 6.33. The van der Waals surface area contributed by atoms with Crippen molar-refractivity contribution < 1.29 is 4.79 Å². The van der Waals surface area contributed by atoms with Crippen molar-refractivity contribution in [1.29, 1.82) is 0 Å². The average molecular weight is 256 g/mol. The molecule has 1 aromatic heterocycles. The van der Waals surface area contributed by atoms with Crippen LogP contribution in [0.15, 0.2) is 36.5 Å². The highest BCUT2D eigenvalue weighted by atomic mass is 16.2. The number of hydrogen-bond acceptors (Lipinski definition) is 3. The summed E-state index contributed by atoms with van der Waals surface area (Å²) in [5.41, 5.74) is 2.51. The summed E-state index contributed by atoms with van der Waals surface area (Å²) in [4.78, 5) is 12.2. The molecule has 0 bridgehead atoms. The van der Waals surface area contributed by atoms with Crippen LogP contribution < -0.4 is 10.6 Å². The van der Waals surface area contributed by atoms with Gasteiger partial charge in [0.05, 0.1) is 6.04 Å². The van der Waals surface area contributed by atoms with Crippen molar-refractivity contribution in [1.82, 2.24) is 15.1 Å². The lowest BCUT2D eigenvalue weighted by molar-refractivity contribution is -0.118. The average Bonchev–Trinajstić information content (AvgIpc) is 2.83. The quantitative estimate of drug-likeness (QED) is 0.845. The lowest BCUT2D eigenvalue weighted by Gasteiger charge is -2.24. The number of hydrogen-bond donors (Lipinski definition) is 2. The van der Waals surface area contributed by atoms with Gasteiger partial charge in [-0.05, 0) is 17.5 Å². The fourth-order valence-corrected chi connectivity index (χ4v) is 2.33. The zero-order valence-electron chi connectivity index (χ0n) is 10.8. The van der Waals surface area contributed by atoms with Crippen LogP contribution in [0.25, 0.3) is 0 Å². The fraction of sp³-hybridized carbons (Fsp3) is 0.286. The molecule has 0 spiro atoms. The van der Waals surface area contributed by atoms with Gasteiger partial charge in [0, 0.05) is 25.9 Å². The van der Waals surface area contributed by atoms with E-state index in [1.807, 2.05) is 19.2 Å². The lowest BCUT2D eigenvalue weighted by atomic mass is 9.95. The summed E-state index contributed by atoms with van der Waals surface area (Å²) in [6.45, 7) is 0.733. The Kier molecular flexibility index (Phi) is 3.05. The van der Waals surface area contributed by atoms with Crippen molar-refractivity contribution in [2.75, 3.05) is 5.32 Å². The number of nitrogens with one attached hydrogen (secondary N) is 2. The maximum Gasteiger partial charge on any atom is 0.243 e. The van der Waals surface area contributed by atoms with Crippen LogP contribution >= 0.6 is 0 Å². The number of aryl methyl sites for hydroxylation is 1. The van der Waals surface area contributed by atoms with Gasteiger partial charge in [0.25, 0.3) is 0 Å². The molecule has 1 aliphatic rings. The summed E-state index contributed by atoms with van der Waals surface area (Å²) < 4.78 is 1.67. The molecule has 1 amide bonds. The van der Waals surface area contributed by atoms with E-state index in [0.717, 1.165) is 13.0 Å². The molecule has 5 nitrogen and oxygen atoms in total. The number of anilines is 1. The first-order valence-electron chi connectivity index (χ1n) is 6.33. The third-order valence-electron chi connectivity index (χ3n) is 3.36. The van der Waals surface area contributed by atoms with Crippen LogP contribution in [0.3, 0.4) is 0 Å². The van der Waals surface area contributed by atoms with Crippen LogP contribution in [0, 0.1) is 0 Å². The van der Waals surface area contributed by atoms with E-state index in [0.29, 0.717) is 5.82 Å². The molecule has 1 atom stereocenters. The van der Waals surface area contributed by atoms with Crippen LogP contribution in [0.5, 0.6) is 0 Å². The molecule has 3 rings (SSSR count). The second-order valence-corrected chi connectivity index (χ2v) is 4.77. The number of carbonyl (C=O) groups excluding carboxylic acids is 1. The van der Waals surface area contributed by atoms with E-state index in [1.54, 1.807) is 16.9 Å². The van der Waals surface area contributed by atoms with E-state index in [-0.39, 0.29) is 11.9 Å². The van der Waals surface area contributed by atoms with Crippen LogP contribution in [0.4, 0.5) is 5.82 Å². The van der Waals surface area contributed by atoms with Crippen LogP contribution in [-0.4, -0.2) is 21.7 Å². The standard InChI is InChI=1S/C14H16N4O/c1-18-7-6-13(17-18)16-14(19)12-8-10-4-2-3-5-11(10)9-15-12/h2-7,12,15H,8-9H2,1H3,(H,16,17,19)/t12-/m0/s1. The molecular weight excluding hydrogens is 240 g/mol. The molecule has 2 aromatic rings. The molecule has 1 aromatic carbocycles. The Hall–Kier alpha value is -2.14. The molecule has 0 fully saturated rings. The van der Waals surface area contributed by atoms with Crippen molar-refractivity contribution >= 4 is 11.7 Å². The predicted octanol–water partition coefficient (Wildman–Crippen LogP) is 1.07. The van der Waals surface area contributed by atoms with Gasteiger partial charge in [-0.1, -0.05) is 24.3 Å². The minimum Gasteiger partial charge on any atom is -0.308 e. The van der Waals surface area contributed by atoms with Crippen LogP contribution in [-0.2, 0) is 24.8 Å². The maximum absolute atomic E-state index is 12.2. The topological polar surface area (TPSA) is 59.0 Å². The summed E-state index contributed by atoms with van der Waals surface area (Å²) in [6, 6.07) is 9.80. The smallest absolute Gasteiger partial charge is 0.243 e. The highest BCUT2D eigenvalue weighted by Crippen LogP contribution is 2.17. The predicted molar refractivity (Wildman–Crippen MR) is 72.6 cm³/mol. The molecule has 1 aliphatic heterocycles. The number of aromatic nitrogens is 2. The number of rotatable bonds is 2. The van der Waals surface area contributed by atoms with Gasteiger partial charge < -0.3 is 10.6 Å². The van der Waals surface area contributed by atoms with E-state index in [2.05, 4.69) is 27.9 Å². The Labute approximate surface area is 111 Å². The van der Waals surface area contributed by atoms with Gasteiger partial charge in [-0.2, -0.15) is 5.10 Å². The van der Waals surface area contributed by atoms with E-state index in [1.165, 1.54) is 11.1 Å². The highest BCUT2D eigenvalue weighted by Gasteiger charge is 2.24. The molecule has 0 saturated carbocycles. The minimum absolute atomic E-state index is 0.0341. The molecule has 0 saturated heterocycles. The summed E-state index contributed by atoms with van der Waals surface area (Å²) >= 11 is 0. The Morgan fingerprint density at radius 3 is 2.89 bits per heavy atom. The van der Waals surface area contributed by atoms with Gasteiger partial charge in [0.1, 0.15) is 0 Å². The molecule has 2 heterocycles. The van der Waals surface area contributed by atoms with Gasteiger partial charge >= 0.3 is 0 Å². The largest absolute Gasteiger partial charge is 0.308 e. The second kappa shape index (κ2) is 4.85. The van der Waals surface area contributed by atoms with Crippen molar-refractivity contribution in [2.24, 2.45) is 7.05 Å². The maximum atomic E-state index is 12.2. The van der Waals surface area contributed by atoms with Crippen LogP contribution in [0.2, 0.25) is 0 Å². The van der Waals surface area contributed by atoms with Crippen molar-refractivity contribution in [2.45, 2.75) is 19.0 Å². The Balaban J connectivity index is 1.69. The van der Waals surface area contributed by atoms with E-state index >= 15 is 0 Å². The fourth-order valence-electron chi connectivity index (χ4n) is 2.33. The van der Waals surface area contributed by atoms with E-state index in [4.69, 9.17) is 0 Å². The van der Waals surface area contributed by atoms with Gasteiger partial charge in [0.15, 0.2) is 5.82 Å². The normalized spacial score (nSPS) is 17.8. The summed E-state index contributed by atoms with van der Waals surface area (Å²) in [7, 11) is 1.82. The van der Waals surface area contributed by atoms with Crippen molar-refractivity contribution in [3.05, 3.63) is 47.7 Å².